The van der Waals surface area contributed by atoms with Crippen molar-refractivity contribution in [2.24, 2.45) is 0 Å². The maximum Gasteiger partial charge on any atom is 0.238 e. The number of benzene rings is 3. The summed E-state index contributed by atoms with van der Waals surface area (Å²) in [7, 11) is 1.67. The third-order valence-electron chi connectivity index (χ3n) is 7.53. The van der Waals surface area contributed by atoms with Crippen molar-refractivity contribution in [3.8, 4) is 17.2 Å². The van der Waals surface area contributed by atoms with Crippen LogP contribution in [0.2, 0.25) is 0 Å². The van der Waals surface area contributed by atoms with Crippen LogP contribution in [0.15, 0.2) is 60.7 Å². The van der Waals surface area contributed by atoms with Crippen LogP contribution in [0.3, 0.4) is 0 Å². The molecule has 2 heterocycles. The highest BCUT2D eigenvalue weighted by molar-refractivity contribution is 5.93. The van der Waals surface area contributed by atoms with Crippen LogP contribution in [-0.4, -0.2) is 57.4 Å². The molecule has 1 N–H and O–H groups in total. The summed E-state index contributed by atoms with van der Waals surface area (Å²) >= 11 is 0. The van der Waals surface area contributed by atoms with Crippen molar-refractivity contribution < 1.29 is 23.7 Å². The Balaban J connectivity index is 1.40. The molecule has 7 nitrogen and oxygen atoms in total. The Morgan fingerprint density at radius 2 is 1.85 bits per heavy atom. The Bertz CT molecular complexity index is 1290. The Morgan fingerprint density at radius 3 is 2.67 bits per heavy atom. The van der Waals surface area contributed by atoms with E-state index in [2.05, 4.69) is 48.3 Å². The third kappa shape index (κ3) is 6.37. The summed E-state index contributed by atoms with van der Waals surface area (Å²) < 4.78 is 22.9. The highest BCUT2D eigenvalue weighted by Gasteiger charge is 2.37. The smallest absolute Gasteiger partial charge is 0.238 e. The third-order valence-corrected chi connectivity index (χ3v) is 7.53. The fourth-order valence-corrected chi connectivity index (χ4v) is 5.59. The first-order chi connectivity index (χ1) is 19.1. The normalized spacial score (nSPS) is 18.6. The molecule has 3 aromatic carbocycles. The number of carbonyl (C=O) groups is 1. The van der Waals surface area contributed by atoms with Gasteiger partial charge in [-0.25, -0.2) is 0 Å². The number of hydrogen-bond acceptors (Lipinski definition) is 6. The first kappa shape index (κ1) is 27.0. The largest absolute Gasteiger partial charge is 0.491 e. The number of aryl methyl sites for hydroxylation is 2. The molecule has 0 aromatic heterocycles. The molecule has 39 heavy (non-hydrogen) atoms. The molecule has 0 aliphatic carbocycles. The molecule has 0 radical (unpaired) electrons. The van der Waals surface area contributed by atoms with Crippen molar-refractivity contribution in [2.75, 3.05) is 51.9 Å². The molecule has 0 saturated carbocycles. The van der Waals surface area contributed by atoms with E-state index in [4.69, 9.17) is 18.9 Å². The lowest BCUT2D eigenvalue weighted by Gasteiger charge is -2.26. The summed E-state index contributed by atoms with van der Waals surface area (Å²) in [6, 6.07) is 20.6. The molecular weight excluding hydrogens is 492 g/mol. The van der Waals surface area contributed by atoms with E-state index in [0.29, 0.717) is 26.4 Å². The second-order valence-corrected chi connectivity index (χ2v) is 10.2. The van der Waals surface area contributed by atoms with Gasteiger partial charge in [-0.3, -0.25) is 9.69 Å². The number of para-hydroxylation sites is 1. The molecular formula is C32H38N2O5. The molecule has 2 atom stereocenters. The van der Waals surface area contributed by atoms with Gasteiger partial charge in [0.2, 0.25) is 5.91 Å². The second kappa shape index (κ2) is 12.5. The summed E-state index contributed by atoms with van der Waals surface area (Å²) in [5.74, 6) is 2.63. The molecule has 1 unspecified atom stereocenters. The maximum absolute atomic E-state index is 13.4. The van der Waals surface area contributed by atoms with E-state index in [1.54, 1.807) is 7.11 Å². The van der Waals surface area contributed by atoms with Crippen LogP contribution in [0.5, 0.6) is 17.2 Å². The summed E-state index contributed by atoms with van der Waals surface area (Å²) in [5.41, 5.74) is 5.50. The van der Waals surface area contributed by atoms with Crippen molar-refractivity contribution >= 4 is 11.6 Å². The van der Waals surface area contributed by atoms with Crippen molar-refractivity contribution in [1.82, 2.24) is 4.90 Å². The summed E-state index contributed by atoms with van der Waals surface area (Å²) in [6.45, 7) is 7.33. The molecule has 206 valence electrons. The first-order valence-electron chi connectivity index (χ1n) is 13.8. The minimum atomic E-state index is -0.0147. The average molecular weight is 531 g/mol. The van der Waals surface area contributed by atoms with E-state index in [0.717, 1.165) is 53.4 Å². The number of fused-ring (bicyclic) bond motifs is 1. The predicted molar refractivity (Wildman–Crippen MR) is 152 cm³/mol. The zero-order valence-corrected chi connectivity index (χ0v) is 23.1. The van der Waals surface area contributed by atoms with E-state index < -0.39 is 0 Å². The van der Waals surface area contributed by atoms with Gasteiger partial charge in [-0.2, -0.15) is 0 Å². The Morgan fingerprint density at radius 1 is 1.03 bits per heavy atom. The van der Waals surface area contributed by atoms with Crippen LogP contribution in [0.1, 0.15) is 47.6 Å². The highest BCUT2D eigenvalue weighted by Crippen LogP contribution is 2.45. The van der Waals surface area contributed by atoms with Crippen molar-refractivity contribution in [1.29, 1.82) is 0 Å². The van der Waals surface area contributed by atoms with E-state index >= 15 is 0 Å². The molecule has 3 aromatic rings. The van der Waals surface area contributed by atoms with Crippen LogP contribution >= 0.6 is 0 Å². The molecule has 2 aliphatic heterocycles. The molecule has 1 amide bonds. The maximum atomic E-state index is 13.4. The van der Waals surface area contributed by atoms with Gasteiger partial charge in [0.15, 0.2) is 11.5 Å². The summed E-state index contributed by atoms with van der Waals surface area (Å²) in [6.07, 6.45) is 1.73. The number of ether oxygens (including phenoxy) is 4. The van der Waals surface area contributed by atoms with Crippen LogP contribution < -0.4 is 19.5 Å². The number of anilines is 1. The molecule has 0 spiro atoms. The summed E-state index contributed by atoms with van der Waals surface area (Å²) in [5, 5.41) is 3.17. The Kier molecular flexibility index (Phi) is 8.69. The molecule has 1 saturated heterocycles. The van der Waals surface area contributed by atoms with Gasteiger partial charge in [0.05, 0.1) is 13.2 Å². The predicted octanol–water partition coefficient (Wildman–Crippen LogP) is 5.52. The lowest BCUT2D eigenvalue weighted by atomic mass is 9.93. The van der Waals surface area contributed by atoms with E-state index in [1.807, 2.05) is 36.4 Å². The quantitative estimate of drug-likeness (QED) is 0.348. The average Bonchev–Trinajstić information content (AvgIpc) is 3.37. The molecule has 2 aliphatic rings. The second-order valence-electron chi connectivity index (χ2n) is 10.2. The topological polar surface area (TPSA) is 69.3 Å². The fraction of sp³-hybridized carbons (Fsp3) is 0.406. The number of carbonyl (C=O) groups excluding carboxylic acids is 1. The zero-order chi connectivity index (χ0) is 27.2. The Labute approximate surface area is 231 Å². The van der Waals surface area contributed by atoms with Crippen LogP contribution in [0.25, 0.3) is 0 Å². The van der Waals surface area contributed by atoms with Gasteiger partial charge < -0.3 is 24.3 Å². The van der Waals surface area contributed by atoms with Crippen molar-refractivity contribution in [3.63, 3.8) is 0 Å². The standard InChI is InChI=1S/C32H38N2O5/c1-4-23-17-22(2)9-11-27(23)33-32(35)21-34-20-25(24-10-12-30-31(19-24)39-16-15-38-30)18-28(34)26-7-5-6-8-29(26)37-14-13-36-3/h5-12,17,19,25,28H,4,13-16,18,20-21H2,1-3H3,(H,33,35)/t25?,28-/m1/s1. The van der Waals surface area contributed by atoms with Gasteiger partial charge in [-0.05, 0) is 61.1 Å². The van der Waals surface area contributed by atoms with Crippen LogP contribution in [0, 0.1) is 6.92 Å². The SMILES string of the molecule is CCc1cc(C)ccc1NC(=O)CN1CC(c2ccc3c(c2)OCCO3)C[C@@H]1c1ccccc1OCCOC. The Hall–Kier alpha value is -3.55. The number of nitrogens with zero attached hydrogens (tertiary/aromatic N) is 1. The number of hydrogen-bond donors (Lipinski definition) is 1. The van der Waals surface area contributed by atoms with Gasteiger partial charge >= 0.3 is 0 Å². The van der Waals surface area contributed by atoms with E-state index in [9.17, 15) is 4.79 Å². The number of nitrogens with one attached hydrogen (secondary N) is 1. The van der Waals surface area contributed by atoms with Gasteiger partial charge in [-0.1, -0.05) is 48.9 Å². The summed E-state index contributed by atoms with van der Waals surface area (Å²) in [4.78, 5) is 15.7. The number of likely N-dealkylation sites (tertiary alicyclic amines) is 1. The number of methoxy groups -OCH3 is 1. The molecule has 1 fully saturated rings. The van der Waals surface area contributed by atoms with Crippen LogP contribution in [0.4, 0.5) is 5.69 Å². The van der Waals surface area contributed by atoms with E-state index in [-0.39, 0.29) is 24.4 Å². The number of amides is 1. The minimum absolute atomic E-state index is 0.0147. The molecule has 0 bridgehead atoms. The van der Waals surface area contributed by atoms with Gasteiger partial charge in [0, 0.05) is 30.9 Å². The van der Waals surface area contributed by atoms with Crippen LogP contribution in [-0.2, 0) is 16.0 Å². The van der Waals surface area contributed by atoms with Crippen molar-refractivity contribution in [2.45, 2.75) is 38.6 Å². The lowest BCUT2D eigenvalue weighted by molar-refractivity contribution is -0.117. The van der Waals surface area contributed by atoms with Crippen molar-refractivity contribution in [3.05, 3.63) is 82.9 Å². The molecule has 5 rings (SSSR count). The van der Waals surface area contributed by atoms with Gasteiger partial charge in [0.25, 0.3) is 0 Å². The molecule has 7 heteroatoms. The first-order valence-corrected chi connectivity index (χ1v) is 13.8. The zero-order valence-electron chi connectivity index (χ0n) is 23.1. The number of rotatable bonds is 10. The van der Waals surface area contributed by atoms with Gasteiger partial charge in [0.1, 0.15) is 25.6 Å². The lowest BCUT2D eigenvalue weighted by Crippen LogP contribution is -2.33. The van der Waals surface area contributed by atoms with Gasteiger partial charge in [-0.15, -0.1) is 0 Å². The highest BCUT2D eigenvalue weighted by atomic mass is 16.6. The fourth-order valence-electron chi connectivity index (χ4n) is 5.59. The van der Waals surface area contributed by atoms with E-state index in [1.165, 1.54) is 11.1 Å². The monoisotopic (exact) mass is 530 g/mol. The minimum Gasteiger partial charge on any atom is -0.491 e.